The lowest BCUT2D eigenvalue weighted by Gasteiger charge is -2.31. The zero-order chi connectivity index (χ0) is 17.9. The average molecular weight is 413 g/mol. The molecule has 2 rings (SSSR count). The highest BCUT2D eigenvalue weighted by molar-refractivity contribution is 7.59. The largest absolute Gasteiger partial charge is 0.433 e. The molecule has 1 aliphatic rings. The number of halogens is 3. The van der Waals surface area contributed by atoms with Crippen molar-refractivity contribution >= 4 is 38.7 Å². The molecule has 1 fully saturated rings. The Morgan fingerprint density at radius 1 is 1.12 bits per heavy atom. The number of nitrogens with one attached hydrogen (secondary N) is 2. The third kappa shape index (κ3) is 7.14. The highest BCUT2D eigenvalue weighted by Crippen LogP contribution is 2.30. The Morgan fingerprint density at radius 3 is 2.15 bits per heavy atom. The number of urea groups is 1. The lowest BCUT2D eigenvalue weighted by molar-refractivity contribution is -0.141. The number of hydrogen-bond acceptors (Lipinski definition) is 3. The Bertz CT molecular complexity index is 591. The van der Waals surface area contributed by atoms with Gasteiger partial charge in [0.1, 0.15) is 5.69 Å². The predicted molar refractivity (Wildman–Crippen MR) is 107 cm³/mol. The molecule has 2 amide bonds. The van der Waals surface area contributed by atoms with Crippen LogP contribution in [0.2, 0.25) is 0 Å². The molecule has 150 valence electrons. The second-order valence-corrected chi connectivity index (χ2v) is 6.42. The minimum atomic E-state index is -4.45. The van der Waals surface area contributed by atoms with Crippen LogP contribution in [0, 0.1) is 6.92 Å². The molecule has 0 aliphatic heterocycles. The Balaban J connectivity index is 0.00000312. The van der Waals surface area contributed by atoms with Crippen molar-refractivity contribution < 1.29 is 18.0 Å². The zero-order valence-electron chi connectivity index (χ0n) is 15.1. The lowest BCUT2D eigenvalue weighted by Crippen LogP contribution is -2.44. The maximum Gasteiger partial charge on any atom is 0.433 e. The second kappa shape index (κ2) is 10.1. The van der Waals surface area contributed by atoms with Gasteiger partial charge in [-0.25, -0.2) is 9.78 Å². The molecule has 1 saturated carbocycles. The number of hydrogen-bond donors (Lipinski definition) is 2. The van der Waals surface area contributed by atoms with Crippen LogP contribution in [0.4, 0.5) is 23.7 Å². The van der Waals surface area contributed by atoms with E-state index in [0.29, 0.717) is 11.4 Å². The van der Waals surface area contributed by atoms with Gasteiger partial charge in [-0.15, -0.1) is 0 Å². The van der Waals surface area contributed by atoms with E-state index in [-0.39, 0.29) is 45.1 Å². The molecular weight excluding hydrogens is 385 g/mol. The van der Waals surface area contributed by atoms with Crippen LogP contribution < -0.4 is 10.6 Å². The topological polar surface area (TPSA) is 57.3 Å². The normalized spacial score (nSPS) is 19.6. The molecule has 0 saturated heterocycles. The Morgan fingerprint density at radius 2 is 1.65 bits per heavy atom. The first-order chi connectivity index (χ1) is 11.1. The molecule has 0 unspecified atom stereocenters. The minimum absolute atomic E-state index is 0. The van der Waals surface area contributed by atoms with Gasteiger partial charge in [-0.3, -0.25) is 0 Å². The van der Waals surface area contributed by atoms with Crippen LogP contribution in [0.3, 0.4) is 0 Å². The van der Waals surface area contributed by atoms with Crippen LogP contribution in [0.5, 0.6) is 0 Å². The maximum absolute atomic E-state index is 12.8. The van der Waals surface area contributed by atoms with E-state index in [4.69, 9.17) is 0 Å². The van der Waals surface area contributed by atoms with E-state index >= 15 is 0 Å². The summed E-state index contributed by atoms with van der Waals surface area (Å²) < 4.78 is 38.5. The molecule has 1 heterocycles. The van der Waals surface area contributed by atoms with Gasteiger partial charge in [0.2, 0.25) is 0 Å². The van der Waals surface area contributed by atoms with Crippen LogP contribution in [0.15, 0.2) is 12.1 Å². The fourth-order valence-corrected chi connectivity index (χ4v) is 2.82. The van der Waals surface area contributed by atoms with Gasteiger partial charge < -0.3 is 15.5 Å². The van der Waals surface area contributed by atoms with E-state index in [0.717, 1.165) is 31.7 Å². The molecule has 2 N–H and O–H groups in total. The number of anilines is 1. The fraction of sp³-hybridized carbons (Fsp3) is 0.625. The molecule has 0 bridgehead atoms. The number of rotatable bonds is 3. The molecule has 1 aromatic rings. The van der Waals surface area contributed by atoms with E-state index in [1.165, 1.54) is 4.90 Å². The van der Waals surface area contributed by atoms with Crippen molar-refractivity contribution in [1.82, 2.24) is 15.2 Å². The first kappa shape index (κ1) is 24.7. The predicted octanol–water partition coefficient (Wildman–Crippen LogP) is 3.63. The second-order valence-electron chi connectivity index (χ2n) is 6.42. The number of aromatic nitrogens is 1. The van der Waals surface area contributed by atoms with Crippen LogP contribution >= 0.6 is 27.0 Å². The summed E-state index contributed by atoms with van der Waals surface area (Å²) in [5.41, 5.74) is -0.105. The van der Waals surface area contributed by atoms with E-state index in [1.807, 2.05) is 0 Å². The van der Waals surface area contributed by atoms with Gasteiger partial charge in [-0.2, -0.15) is 40.2 Å². The van der Waals surface area contributed by atoms with Crippen molar-refractivity contribution in [2.75, 3.05) is 19.4 Å². The smallest absolute Gasteiger partial charge is 0.382 e. The molecule has 1 aromatic heterocycles. The third-order valence-corrected chi connectivity index (χ3v) is 4.08. The SMILES string of the molecule is Cc1cc(NC2CCC(NC(=O)N(C)C)CC2)cc(C(F)(F)F)n1.S.S. The first-order valence-electron chi connectivity index (χ1n) is 7.95. The van der Waals surface area contributed by atoms with Crippen LogP contribution in [0.1, 0.15) is 37.1 Å². The summed E-state index contributed by atoms with van der Waals surface area (Å²) in [5, 5.41) is 6.11. The van der Waals surface area contributed by atoms with Gasteiger partial charge in [-0.05, 0) is 44.7 Å². The van der Waals surface area contributed by atoms with Crippen molar-refractivity contribution in [3.63, 3.8) is 0 Å². The Kier molecular flexibility index (Phi) is 9.65. The van der Waals surface area contributed by atoms with Crippen LogP contribution in [0.25, 0.3) is 0 Å². The van der Waals surface area contributed by atoms with Gasteiger partial charge in [0.25, 0.3) is 0 Å². The van der Waals surface area contributed by atoms with Gasteiger partial charge in [0.05, 0.1) is 0 Å². The van der Waals surface area contributed by atoms with E-state index in [1.54, 1.807) is 27.1 Å². The molecule has 5 nitrogen and oxygen atoms in total. The lowest BCUT2D eigenvalue weighted by atomic mass is 9.91. The summed E-state index contributed by atoms with van der Waals surface area (Å²) in [7, 11) is 3.37. The monoisotopic (exact) mass is 412 g/mol. The average Bonchev–Trinajstić information content (AvgIpc) is 2.47. The number of carbonyl (C=O) groups is 1. The number of nitrogens with zero attached hydrogens (tertiary/aromatic N) is 2. The van der Waals surface area contributed by atoms with Crippen molar-refractivity contribution in [2.45, 2.75) is 50.9 Å². The summed E-state index contributed by atoms with van der Waals surface area (Å²) in [4.78, 5) is 16.7. The maximum atomic E-state index is 12.8. The third-order valence-electron chi connectivity index (χ3n) is 4.08. The van der Waals surface area contributed by atoms with Crippen LogP contribution in [-0.4, -0.2) is 42.1 Å². The fourth-order valence-electron chi connectivity index (χ4n) is 2.82. The Labute approximate surface area is 166 Å². The highest BCUT2D eigenvalue weighted by atomic mass is 32.1. The van der Waals surface area contributed by atoms with Gasteiger partial charge in [0.15, 0.2) is 0 Å². The number of carbonyl (C=O) groups excluding carboxylic acids is 1. The summed E-state index contributed by atoms with van der Waals surface area (Å²) in [6.07, 6.45) is -1.26. The molecule has 0 aromatic carbocycles. The van der Waals surface area contributed by atoms with E-state index < -0.39 is 11.9 Å². The van der Waals surface area contributed by atoms with Gasteiger partial charge in [0, 0.05) is 37.6 Å². The van der Waals surface area contributed by atoms with Crippen LogP contribution in [-0.2, 0) is 6.18 Å². The summed E-state index contributed by atoms with van der Waals surface area (Å²) in [5.74, 6) is 0. The molecule has 10 heteroatoms. The quantitative estimate of drug-likeness (QED) is 0.797. The summed E-state index contributed by atoms with van der Waals surface area (Å²) in [6.45, 7) is 1.55. The highest BCUT2D eigenvalue weighted by Gasteiger charge is 2.33. The molecule has 0 atom stereocenters. The molecule has 26 heavy (non-hydrogen) atoms. The number of amides is 2. The van der Waals surface area contributed by atoms with Crippen molar-refractivity contribution in [2.24, 2.45) is 0 Å². The molecule has 1 aliphatic carbocycles. The number of aryl methyl sites for hydroxylation is 1. The summed E-state index contributed by atoms with van der Waals surface area (Å²) >= 11 is 0. The number of pyridine rings is 1. The van der Waals surface area contributed by atoms with E-state index in [2.05, 4.69) is 15.6 Å². The zero-order valence-corrected chi connectivity index (χ0v) is 17.1. The number of alkyl halides is 3. The minimum Gasteiger partial charge on any atom is -0.382 e. The molecule has 0 spiro atoms. The van der Waals surface area contributed by atoms with Crippen molar-refractivity contribution in [1.29, 1.82) is 0 Å². The van der Waals surface area contributed by atoms with Crippen molar-refractivity contribution in [3.8, 4) is 0 Å². The standard InChI is InChI=1S/C16H23F3N4O.2H2S/c1-10-8-13(9-14(20-10)16(17,18)19)21-11-4-6-12(7-5-11)22-15(24)23(2)3;;/h8-9,11-12H,4-7H2,1-3H3,(H,20,21)(H,22,24);2*1H2. The Hall–Kier alpha value is -1.29. The van der Waals surface area contributed by atoms with Gasteiger partial charge in [-0.1, -0.05) is 0 Å². The molecular formula is C16H27F3N4OS2. The van der Waals surface area contributed by atoms with Gasteiger partial charge >= 0.3 is 12.2 Å². The van der Waals surface area contributed by atoms with Crippen molar-refractivity contribution in [3.05, 3.63) is 23.5 Å². The summed E-state index contributed by atoms with van der Waals surface area (Å²) in [6, 6.07) is 2.76. The van der Waals surface area contributed by atoms with E-state index in [9.17, 15) is 18.0 Å². The first-order valence-corrected chi connectivity index (χ1v) is 7.95. The molecule has 0 radical (unpaired) electrons.